The lowest BCUT2D eigenvalue weighted by atomic mass is 9.99. The van der Waals surface area contributed by atoms with E-state index in [0.717, 1.165) is 32.8 Å². The highest BCUT2D eigenvalue weighted by molar-refractivity contribution is 5.68. The van der Waals surface area contributed by atoms with Crippen LogP contribution in [0.15, 0.2) is 36.5 Å². The second-order valence-electron chi connectivity index (χ2n) is 7.94. The summed E-state index contributed by atoms with van der Waals surface area (Å²) in [6, 6.07) is 9.92. The second kappa shape index (κ2) is 9.58. The van der Waals surface area contributed by atoms with E-state index in [1.165, 1.54) is 0 Å². The number of carbonyl (C=O) groups is 1. The minimum absolute atomic E-state index is 0.0330. The van der Waals surface area contributed by atoms with Crippen molar-refractivity contribution in [1.82, 2.24) is 14.8 Å². The molecule has 1 aromatic heterocycles. The highest BCUT2D eigenvalue weighted by Gasteiger charge is 2.60. The van der Waals surface area contributed by atoms with Crippen LogP contribution in [0.4, 0.5) is 31.1 Å². The van der Waals surface area contributed by atoms with Gasteiger partial charge in [-0.15, -0.1) is 0 Å². The zero-order valence-corrected chi connectivity index (χ0v) is 18.0. The average molecular weight is 475 g/mol. The molecule has 0 aliphatic carbocycles. The fourth-order valence-corrected chi connectivity index (χ4v) is 3.60. The molecule has 0 spiro atoms. The predicted molar refractivity (Wildman–Crippen MR) is 108 cm³/mol. The van der Waals surface area contributed by atoms with Crippen molar-refractivity contribution < 1.29 is 35.9 Å². The van der Waals surface area contributed by atoms with E-state index < -0.39 is 24.5 Å². The Hall–Kier alpha value is -2.82. The standard InChI is InChI=1S/C22H23F6N3O2/c1-14-11-16(17-5-6-29-15(2)12-17)3-4-18(14)13-30-7-9-31(10-8-30)20(32)33-19(21(23,24)25)22(26,27)28/h3-6,11-12,19H,7-10,13H2,1-2H3. The van der Waals surface area contributed by atoms with E-state index in [1.807, 2.05) is 49.1 Å². The van der Waals surface area contributed by atoms with Crippen LogP contribution in [-0.2, 0) is 11.3 Å². The number of aromatic nitrogens is 1. The van der Waals surface area contributed by atoms with Gasteiger partial charge in [0.2, 0.25) is 0 Å². The Kier molecular flexibility index (Phi) is 7.20. The molecule has 0 N–H and O–H groups in total. The molecule has 0 radical (unpaired) electrons. The Balaban J connectivity index is 1.57. The molecular formula is C22H23F6N3O2. The van der Waals surface area contributed by atoms with Crippen molar-refractivity contribution >= 4 is 6.09 Å². The number of rotatable bonds is 4. The molecule has 1 aliphatic rings. The van der Waals surface area contributed by atoms with Gasteiger partial charge >= 0.3 is 18.4 Å². The number of carbonyl (C=O) groups excluding carboxylic acids is 1. The van der Waals surface area contributed by atoms with Gasteiger partial charge in [0, 0.05) is 44.6 Å². The van der Waals surface area contributed by atoms with Gasteiger partial charge in [0.25, 0.3) is 6.10 Å². The Bertz CT molecular complexity index is 971. The number of hydrogen-bond donors (Lipinski definition) is 0. The van der Waals surface area contributed by atoms with E-state index in [-0.39, 0.29) is 13.1 Å². The zero-order valence-electron chi connectivity index (χ0n) is 18.0. The number of ether oxygens (including phenoxy) is 1. The van der Waals surface area contributed by atoms with Gasteiger partial charge in [-0.05, 0) is 48.2 Å². The van der Waals surface area contributed by atoms with Crippen molar-refractivity contribution in [3.05, 3.63) is 53.3 Å². The maximum absolute atomic E-state index is 12.6. The summed E-state index contributed by atoms with van der Waals surface area (Å²) >= 11 is 0. The molecule has 3 rings (SSSR count). The topological polar surface area (TPSA) is 45.7 Å². The number of aryl methyl sites for hydroxylation is 2. The molecule has 33 heavy (non-hydrogen) atoms. The molecule has 1 saturated heterocycles. The summed E-state index contributed by atoms with van der Waals surface area (Å²) in [7, 11) is 0. The molecule has 1 aromatic carbocycles. The Morgan fingerprint density at radius 1 is 0.970 bits per heavy atom. The minimum atomic E-state index is -5.73. The number of benzene rings is 1. The zero-order chi connectivity index (χ0) is 24.4. The van der Waals surface area contributed by atoms with Crippen LogP contribution in [0.2, 0.25) is 0 Å². The summed E-state index contributed by atoms with van der Waals surface area (Å²) < 4.78 is 79.5. The number of halogens is 6. The number of pyridine rings is 1. The summed E-state index contributed by atoms with van der Waals surface area (Å²) in [6.07, 6.45) is -15.5. The fraction of sp³-hybridized carbons (Fsp3) is 0.455. The van der Waals surface area contributed by atoms with Gasteiger partial charge in [-0.2, -0.15) is 26.3 Å². The van der Waals surface area contributed by atoms with Crippen LogP contribution >= 0.6 is 0 Å². The van der Waals surface area contributed by atoms with Crippen molar-refractivity contribution in [2.24, 2.45) is 0 Å². The Labute approximate surface area is 187 Å². The first kappa shape index (κ1) is 24.8. The van der Waals surface area contributed by atoms with Crippen LogP contribution in [0, 0.1) is 13.8 Å². The van der Waals surface area contributed by atoms with E-state index in [9.17, 15) is 31.1 Å². The monoisotopic (exact) mass is 475 g/mol. The number of piperazine rings is 1. The smallest absolute Gasteiger partial charge is 0.426 e. The van der Waals surface area contributed by atoms with Crippen LogP contribution in [0.3, 0.4) is 0 Å². The first-order chi connectivity index (χ1) is 15.3. The molecule has 11 heteroatoms. The molecular weight excluding hydrogens is 452 g/mol. The van der Waals surface area contributed by atoms with E-state index in [2.05, 4.69) is 9.72 Å². The molecule has 5 nitrogen and oxygen atoms in total. The maximum Gasteiger partial charge on any atom is 0.434 e. The third kappa shape index (κ3) is 6.37. The van der Waals surface area contributed by atoms with Gasteiger partial charge in [0.1, 0.15) is 0 Å². The normalized spacial score (nSPS) is 15.7. The van der Waals surface area contributed by atoms with Gasteiger partial charge < -0.3 is 9.64 Å². The quantitative estimate of drug-likeness (QED) is 0.577. The molecule has 180 valence electrons. The summed E-state index contributed by atoms with van der Waals surface area (Å²) in [4.78, 5) is 18.9. The predicted octanol–water partition coefficient (Wildman–Crippen LogP) is 5.11. The highest BCUT2D eigenvalue weighted by Crippen LogP contribution is 2.36. The van der Waals surface area contributed by atoms with Gasteiger partial charge in [-0.1, -0.05) is 18.2 Å². The average Bonchev–Trinajstić information content (AvgIpc) is 2.72. The van der Waals surface area contributed by atoms with Crippen molar-refractivity contribution in [2.75, 3.05) is 26.2 Å². The van der Waals surface area contributed by atoms with Gasteiger partial charge in [0.15, 0.2) is 0 Å². The highest BCUT2D eigenvalue weighted by atomic mass is 19.4. The van der Waals surface area contributed by atoms with Crippen molar-refractivity contribution in [3.63, 3.8) is 0 Å². The Morgan fingerprint density at radius 3 is 2.12 bits per heavy atom. The fourth-order valence-electron chi connectivity index (χ4n) is 3.60. The summed E-state index contributed by atoms with van der Waals surface area (Å²) in [5.74, 6) is 0. The van der Waals surface area contributed by atoms with Crippen LogP contribution in [0.5, 0.6) is 0 Å². The van der Waals surface area contributed by atoms with E-state index >= 15 is 0 Å². The summed E-state index contributed by atoms with van der Waals surface area (Å²) in [6.45, 7) is 4.94. The van der Waals surface area contributed by atoms with Crippen LogP contribution < -0.4 is 0 Å². The lowest BCUT2D eigenvalue weighted by Crippen LogP contribution is -2.52. The molecule has 1 fully saturated rings. The van der Waals surface area contributed by atoms with E-state index in [1.54, 1.807) is 6.20 Å². The van der Waals surface area contributed by atoms with Crippen LogP contribution in [-0.4, -0.2) is 65.5 Å². The first-order valence-corrected chi connectivity index (χ1v) is 10.2. The third-order valence-corrected chi connectivity index (χ3v) is 5.41. The molecule has 0 bridgehead atoms. The number of nitrogens with zero attached hydrogens (tertiary/aromatic N) is 3. The van der Waals surface area contributed by atoms with Gasteiger partial charge in [0.05, 0.1) is 0 Å². The molecule has 2 aromatic rings. The number of hydrogen-bond acceptors (Lipinski definition) is 4. The van der Waals surface area contributed by atoms with Gasteiger partial charge in [-0.3, -0.25) is 9.88 Å². The molecule has 0 unspecified atom stereocenters. The summed E-state index contributed by atoms with van der Waals surface area (Å²) in [5, 5.41) is 0. The maximum atomic E-state index is 12.6. The Morgan fingerprint density at radius 2 is 1.58 bits per heavy atom. The van der Waals surface area contributed by atoms with Crippen LogP contribution in [0.1, 0.15) is 16.8 Å². The van der Waals surface area contributed by atoms with Crippen molar-refractivity contribution in [1.29, 1.82) is 0 Å². The summed E-state index contributed by atoms with van der Waals surface area (Å²) in [5.41, 5.74) is 5.07. The third-order valence-electron chi connectivity index (χ3n) is 5.41. The largest absolute Gasteiger partial charge is 0.434 e. The SMILES string of the molecule is Cc1cc(-c2ccc(CN3CCN(C(=O)OC(C(F)(F)F)C(F)(F)F)CC3)c(C)c2)ccn1. The van der Waals surface area contributed by atoms with Crippen LogP contribution in [0.25, 0.3) is 11.1 Å². The number of alkyl halides is 6. The molecule has 1 amide bonds. The van der Waals surface area contributed by atoms with E-state index in [0.29, 0.717) is 19.6 Å². The van der Waals surface area contributed by atoms with Crippen molar-refractivity contribution in [2.45, 2.75) is 38.8 Å². The second-order valence-corrected chi connectivity index (χ2v) is 7.94. The lowest BCUT2D eigenvalue weighted by molar-refractivity contribution is -0.308. The lowest BCUT2D eigenvalue weighted by Gasteiger charge is -2.35. The van der Waals surface area contributed by atoms with Crippen molar-refractivity contribution in [3.8, 4) is 11.1 Å². The molecule has 1 aliphatic heterocycles. The first-order valence-electron chi connectivity index (χ1n) is 10.2. The molecule has 0 atom stereocenters. The van der Waals surface area contributed by atoms with Gasteiger partial charge in [-0.25, -0.2) is 4.79 Å². The molecule has 2 heterocycles. The van der Waals surface area contributed by atoms with E-state index in [4.69, 9.17) is 0 Å². The number of amides is 1. The minimum Gasteiger partial charge on any atom is -0.426 e. The molecule has 0 saturated carbocycles.